The first-order chi connectivity index (χ1) is 6.79. The lowest BCUT2D eigenvalue weighted by Gasteiger charge is -2.39. The van der Waals surface area contributed by atoms with Crippen LogP contribution in [0.3, 0.4) is 0 Å². The average molecular weight is 227 g/mol. The molecule has 0 aromatic carbocycles. The van der Waals surface area contributed by atoms with E-state index in [1.165, 1.54) is 4.90 Å². The minimum atomic E-state index is -4.60. The summed E-state index contributed by atoms with van der Waals surface area (Å²) in [6.07, 6.45) is -6.97. The summed E-state index contributed by atoms with van der Waals surface area (Å²) in [6.45, 7) is 0.137. The molecule has 1 rings (SSSR count). The summed E-state index contributed by atoms with van der Waals surface area (Å²) in [6, 6.07) is 0. The van der Waals surface area contributed by atoms with Crippen molar-refractivity contribution in [3.05, 3.63) is 0 Å². The van der Waals surface area contributed by atoms with Crippen LogP contribution in [0.4, 0.5) is 13.2 Å². The summed E-state index contributed by atoms with van der Waals surface area (Å²) in [7, 11) is 0. The first-order valence-corrected chi connectivity index (χ1v) is 4.48. The van der Waals surface area contributed by atoms with Gasteiger partial charge >= 0.3 is 12.1 Å². The molecule has 0 aliphatic carbocycles. The zero-order chi connectivity index (χ0) is 11.6. The number of nitrogens with zero attached hydrogens (tertiary/aromatic N) is 1. The Bertz CT molecular complexity index is 238. The normalized spacial score (nSPS) is 21.1. The summed E-state index contributed by atoms with van der Waals surface area (Å²) in [5.41, 5.74) is 0. The number of carbonyl (C=O) groups is 1. The molecule has 1 fully saturated rings. The van der Waals surface area contributed by atoms with Crippen LogP contribution in [-0.2, 0) is 4.79 Å². The van der Waals surface area contributed by atoms with Gasteiger partial charge < -0.3 is 10.2 Å². The van der Waals surface area contributed by atoms with Gasteiger partial charge in [-0.2, -0.15) is 13.2 Å². The van der Waals surface area contributed by atoms with Crippen molar-refractivity contribution in [1.29, 1.82) is 0 Å². The number of alkyl halides is 3. The van der Waals surface area contributed by atoms with E-state index in [0.29, 0.717) is 13.1 Å². The highest BCUT2D eigenvalue weighted by Gasteiger charge is 2.41. The Kier molecular flexibility index (Phi) is 3.56. The second-order valence-corrected chi connectivity index (χ2v) is 3.74. The van der Waals surface area contributed by atoms with Gasteiger partial charge in [-0.3, -0.25) is 9.69 Å². The van der Waals surface area contributed by atoms with Gasteiger partial charge in [-0.25, -0.2) is 0 Å². The van der Waals surface area contributed by atoms with Crippen molar-refractivity contribution >= 4 is 5.97 Å². The summed E-state index contributed by atoms with van der Waals surface area (Å²) < 4.78 is 35.7. The molecule has 1 aliphatic heterocycles. The highest BCUT2D eigenvalue weighted by Crippen LogP contribution is 2.24. The first-order valence-electron chi connectivity index (χ1n) is 4.48. The van der Waals surface area contributed by atoms with Crippen molar-refractivity contribution in [2.75, 3.05) is 19.6 Å². The van der Waals surface area contributed by atoms with E-state index in [4.69, 9.17) is 10.2 Å². The van der Waals surface area contributed by atoms with Crippen LogP contribution in [0.2, 0.25) is 0 Å². The monoisotopic (exact) mass is 227 g/mol. The number of β-amino-alcohol motifs (C(OH)–C–C–N with tert-alkyl or cyclic N) is 1. The molecule has 1 aliphatic rings. The highest BCUT2D eigenvalue weighted by atomic mass is 19.4. The minimum Gasteiger partial charge on any atom is -0.481 e. The number of aliphatic hydroxyl groups excluding tert-OH is 1. The largest absolute Gasteiger partial charge is 0.481 e. The number of carboxylic acid groups (broad SMARTS) is 1. The van der Waals surface area contributed by atoms with Crippen LogP contribution < -0.4 is 0 Å². The van der Waals surface area contributed by atoms with E-state index < -0.39 is 24.8 Å². The molecule has 0 amide bonds. The van der Waals surface area contributed by atoms with E-state index in [9.17, 15) is 18.0 Å². The van der Waals surface area contributed by atoms with Gasteiger partial charge in [0.2, 0.25) is 0 Å². The maximum atomic E-state index is 11.9. The quantitative estimate of drug-likeness (QED) is 0.726. The Hall–Kier alpha value is -0.820. The maximum absolute atomic E-state index is 11.9. The number of rotatable bonds is 4. The molecular formula is C8H12F3NO3. The third-order valence-electron chi connectivity index (χ3n) is 2.31. The lowest BCUT2D eigenvalue weighted by molar-refractivity contribution is -0.211. The molecule has 1 atom stereocenters. The number of carboxylic acids is 1. The minimum absolute atomic E-state index is 0.0292. The molecule has 0 aromatic heterocycles. The van der Waals surface area contributed by atoms with E-state index in [2.05, 4.69) is 0 Å². The Morgan fingerprint density at radius 3 is 2.40 bits per heavy atom. The van der Waals surface area contributed by atoms with Crippen LogP contribution in [0.15, 0.2) is 0 Å². The molecule has 2 N–H and O–H groups in total. The van der Waals surface area contributed by atoms with Gasteiger partial charge in [-0.05, 0) is 5.92 Å². The molecule has 15 heavy (non-hydrogen) atoms. The van der Waals surface area contributed by atoms with Crippen molar-refractivity contribution < 1.29 is 28.2 Å². The van der Waals surface area contributed by atoms with E-state index in [1.807, 2.05) is 0 Å². The van der Waals surface area contributed by atoms with Crippen LogP contribution in [0.25, 0.3) is 0 Å². The number of aliphatic carboxylic acids is 1. The third-order valence-corrected chi connectivity index (χ3v) is 2.31. The fourth-order valence-corrected chi connectivity index (χ4v) is 1.55. The lowest BCUT2D eigenvalue weighted by Crippen LogP contribution is -2.52. The van der Waals surface area contributed by atoms with Crippen molar-refractivity contribution in [3.8, 4) is 0 Å². The van der Waals surface area contributed by atoms with Gasteiger partial charge in [-0.15, -0.1) is 0 Å². The summed E-state index contributed by atoms with van der Waals surface area (Å²) in [5.74, 6) is -1.04. The SMILES string of the molecule is O=C(O)CC1CN(CC(O)C(F)(F)F)C1. The summed E-state index contributed by atoms with van der Waals surface area (Å²) in [4.78, 5) is 11.6. The van der Waals surface area contributed by atoms with Crippen LogP contribution in [0.1, 0.15) is 6.42 Å². The predicted octanol–water partition coefficient (Wildman–Crippen LogP) is 0.316. The molecule has 7 heteroatoms. The zero-order valence-electron chi connectivity index (χ0n) is 7.87. The van der Waals surface area contributed by atoms with Crippen LogP contribution in [0, 0.1) is 5.92 Å². The van der Waals surface area contributed by atoms with Gasteiger partial charge in [0.1, 0.15) is 0 Å². The summed E-state index contributed by atoms with van der Waals surface area (Å²) >= 11 is 0. The number of likely N-dealkylation sites (tertiary alicyclic amines) is 1. The van der Waals surface area contributed by atoms with Gasteiger partial charge in [0.25, 0.3) is 0 Å². The summed E-state index contributed by atoms with van der Waals surface area (Å²) in [5, 5.41) is 17.1. The number of hydrogen-bond donors (Lipinski definition) is 2. The zero-order valence-corrected chi connectivity index (χ0v) is 7.87. The smallest absolute Gasteiger partial charge is 0.415 e. The molecular weight excluding hydrogens is 215 g/mol. The van der Waals surface area contributed by atoms with Crippen molar-refractivity contribution in [2.45, 2.75) is 18.7 Å². The lowest BCUT2D eigenvalue weighted by atomic mass is 9.96. The maximum Gasteiger partial charge on any atom is 0.415 e. The van der Waals surface area contributed by atoms with Crippen LogP contribution >= 0.6 is 0 Å². The van der Waals surface area contributed by atoms with E-state index in [0.717, 1.165) is 0 Å². The molecule has 1 saturated heterocycles. The predicted molar refractivity (Wildman–Crippen MR) is 44.2 cm³/mol. The van der Waals surface area contributed by atoms with Gasteiger partial charge in [0, 0.05) is 19.6 Å². The standard InChI is InChI=1S/C8H12F3NO3/c9-8(10,11)6(13)4-12-2-5(3-12)1-7(14)15/h5-6,13H,1-4H2,(H,14,15). The second-order valence-electron chi connectivity index (χ2n) is 3.74. The second kappa shape index (κ2) is 4.36. The van der Waals surface area contributed by atoms with Crippen molar-refractivity contribution in [3.63, 3.8) is 0 Å². The molecule has 1 unspecified atom stereocenters. The molecule has 0 saturated carbocycles. The number of aliphatic hydroxyl groups is 1. The van der Waals surface area contributed by atoms with E-state index in [1.54, 1.807) is 0 Å². The van der Waals surface area contributed by atoms with Gasteiger partial charge in [-0.1, -0.05) is 0 Å². The molecule has 0 spiro atoms. The van der Waals surface area contributed by atoms with Crippen LogP contribution in [0.5, 0.6) is 0 Å². The molecule has 88 valence electrons. The molecule has 4 nitrogen and oxygen atoms in total. The number of halogens is 3. The van der Waals surface area contributed by atoms with E-state index >= 15 is 0 Å². The van der Waals surface area contributed by atoms with Crippen LogP contribution in [-0.4, -0.2) is 53.0 Å². The molecule has 0 bridgehead atoms. The van der Waals surface area contributed by atoms with E-state index in [-0.39, 0.29) is 12.3 Å². The fourth-order valence-electron chi connectivity index (χ4n) is 1.55. The Morgan fingerprint density at radius 2 is 2.00 bits per heavy atom. The number of hydrogen-bond acceptors (Lipinski definition) is 3. The fraction of sp³-hybridized carbons (Fsp3) is 0.875. The highest BCUT2D eigenvalue weighted by molar-refractivity contribution is 5.67. The first kappa shape index (κ1) is 12.3. The molecule has 0 aromatic rings. The van der Waals surface area contributed by atoms with Gasteiger partial charge in [0.15, 0.2) is 6.10 Å². The Balaban J connectivity index is 2.20. The van der Waals surface area contributed by atoms with Crippen molar-refractivity contribution in [1.82, 2.24) is 4.90 Å². The van der Waals surface area contributed by atoms with Gasteiger partial charge in [0.05, 0.1) is 6.42 Å². The Labute approximate surface area is 84.3 Å². The third kappa shape index (κ3) is 3.67. The molecule has 1 heterocycles. The molecule has 0 radical (unpaired) electrons. The Morgan fingerprint density at radius 1 is 1.47 bits per heavy atom. The topological polar surface area (TPSA) is 60.8 Å². The average Bonchev–Trinajstić information content (AvgIpc) is 1.97. The van der Waals surface area contributed by atoms with Crippen molar-refractivity contribution in [2.24, 2.45) is 5.92 Å².